The van der Waals surface area contributed by atoms with E-state index >= 15 is 0 Å². The molecule has 4 nitrogen and oxygen atoms in total. The molecule has 0 atom stereocenters. The molecule has 0 saturated heterocycles. The minimum absolute atomic E-state index is 0.324. The van der Waals surface area contributed by atoms with Crippen LogP contribution in [0.1, 0.15) is 18.9 Å². The molecule has 100 valence electrons. The topological polar surface area (TPSA) is 62.1 Å². The number of ether oxygens (including phenoxy) is 1. The molecule has 1 N–H and O–H groups in total. The van der Waals surface area contributed by atoms with Crippen LogP contribution in [0.4, 0.5) is 5.69 Å². The van der Waals surface area contributed by atoms with E-state index in [1.54, 1.807) is 24.3 Å². The molecule has 1 aromatic rings. The first kappa shape index (κ1) is 15.1. The number of carbonyl (C=O) groups excluding carboxylic acids is 1. The summed E-state index contributed by atoms with van der Waals surface area (Å²) in [5.41, 5.74) is 1.84. The van der Waals surface area contributed by atoms with Crippen LogP contribution in [0.3, 0.4) is 0 Å². The smallest absolute Gasteiger partial charge is 0.333 e. The van der Waals surface area contributed by atoms with E-state index in [9.17, 15) is 4.79 Å². The Kier molecular flexibility index (Phi) is 5.91. The van der Waals surface area contributed by atoms with Crippen LogP contribution in [-0.4, -0.2) is 19.6 Å². The number of hydrogen-bond acceptors (Lipinski definition) is 4. The molecule has 5 heteroatoms. The Morgan fingerprint density at radius 3 is 2.84 bits per heavy atom. The van der Waals surface area contributed by atoms with Gasteiger partial charge in [-0.2, -0.15) is 5.26 Å². The van der Waals surface area contributed by atoms with Crippen LogP contribution in [0.5, 0.6) is 0 Å². The summed E-state index contributed by atoms with van der Waals surface area (Å²) < 4.78 is 4.66. The lowest BCUT2D eigenvalue weighted by atomic mass is 10.2. The zero-order valence-corrected chi connectivity index (χ0v) is 11.6. The highest BCUT2D eigenvalue weighted by atomic mass is 35.5. The van der Waals surface area contributed by atoms with Crippen molar-refractivity contribution >= 4 is 23.3 Å². The van der Waals surface area contributed by atoms with Gasteiger partial charge in [0.1, 0.15) is 0 Å². The van der Waals surface area contributed by atoms with Gasteiger partial charge < -0.3 is 10.1 Å². The van der Waals surface area contributed by atoms with Gasteiger partial charge in [0, 0.05) is 12.1 Å². The van der Waals surface area contributed by atoms with Crippen molar-refractivity contribution in [1.29, 1.82) is 5.26 Å². The van der Waals surface area contributed by atoms with E-state index in [0.717, 1.165) is 5.69 Å². The summed E-state index contributed by atoms with van der Waals surface area (Å²) >= 11 is 6.02. The third kappa shape index (κ3) is 4.31. The number of nitrogens with zero attached hydrogens (tertiary/aromatic N) is 1. The number of methoxy groups -OCH3 is 1. The number of halogens is 1. The number of nitrogens with one attached hydrogen (secondary N) is 1. The van der Waals surface area contributed by atoms with Crippen molar-refractivity contribution in [2.75, 3.05) is 19.0 Å². The second kappa shape index (κ2) is 7.45. The molecule has 0 aliphatic carbocycles. The van der Waals surface area contributed by atoms with E-state index in [0.29, 0.717) is 29.1 Å². The Hall–Kier alpha value is -1.99. The molecule has 1 aromatic carbocycles. The van der Waals surface area contributed by atoms with Gasteiger partial charge in [0.15, 0.2) is 0 Å². The average molecular weight is 279 g/mol. The first-order valence-electron chi connectivity index (χ1n) is 5.83. The van der Waals surface area contributed by atoms with E-state index in [-0.39, 0.29) is 5.97 Å². The summed E-state index contributed by atoms with van der Waals surface area (Å²) in [5, 5.41) is 12.3. The Morgan fingerprint density at radius 1 is 1.58 bits per heavy atom. The number of carbonyl (C=O) groups is 1. The summed E-state index contributed by atoms with van der Waals surface area (Å²) in [6.45, 7) is 2.35. The van der Waals surface area contributed by atoms with Crippen LogP contribution in [0.15, 0.2) is 29.8 Å². The maximum atomic E-state index is 11.4. The van der Waals surface area contributed by atoms with Crippen molar-refractivity contribution in [3.8, 4) is 6.07 Å². The summed E-state index contributed by atoms with van der Waals surface area (Å²) in [5.74, 6) is -0.324. The van der Waals surface area contributed by atoms with Gasteiger partial charge in [0.2, 0.25) is 0 Å². The van der Waals surface area contributed by atoms with E-state index in [1.807, 2.05) is 13.0 Å². The fourth-order valence-corrected chi connectivity index (χ4v) is 1.76. The third-order valence-electron chi connectivity index (χ3n) is 2.57. The number of rotatable bonds is 5. The van der Waals surface area contributed by atoms with Crippen molar-refractivity contribution in [1.82, 2.24) is 0 Å². The van der Waals surface area contributed by atoms with Gasteiger partial charge in [0.25, 0.3) is 0 Å². The van der Waals surface area contributed by atoms with Gasteiger partial charge >= 0.3 is 5.97 Å². The average Bonchev–Trinajstić information content (AvgIpc) is 2.44. The first-order chi connectivity index (χ1) is 9.12. The van der Waals surface area contributed by atoms with Crippen molar-refractivity contribution in [3.05, 3.63) is 40.4 Å². The second-order valence-electron chi connectivity index (χ2n) is 3.76. The number of anilines is 1. The number of hydrogen-bond donors (Lipinski definition) is 1. The second-order valence-corrected chi connectivity index (χ2v) is 4.17. The summed E-state index contributed by atoms with van der Waals surface area (Å²) in [7, 11) is 1.36. The zero-order chi connectivity index (χ0) is 14.3. The van der Waals surface area contributed by atoms with Crippen molar-refractivity contribution in [3.63, 3.8) is 0 Å². The van der Waals surface area contributed by atoms with Gasteiger partial charge in [-0.1, -0.05) is 24.6 Å². The SMILES string of the molecule is CC/C(=C/CNc1ccc(C#N)cc1Cl)C(=O)OC. The van der Waals surface area contributed by atoms with E-state index < -0.39 is 0 Å². The molecule has 0 bridgehead atoms. The quantitative estimate of drug-likeness (QED) is 0.664. The van der Waals surface area contributed by atoms with Crippen molar-refractivity contribution < 1.29 is 9.53 Å². The van der Waals surface area contributed by atoms with Crippen molar-refractivity contribution in [2.45, 2.75) is 13.3 Å². The minimum atomic E-state index is -0.324. The fourth-order valence-electron chi connectivity index (χ4n) is 1.52. The molecule has 0 amide bonds. The molecule has 19 heavy (non-hydrogen) atoms. The molecule has 0 radical (unpaired) electrons. The lowest BCUT2D eigenvalue weighted by Crippen LogP contribution is -2.07. The molecule has 0 spiro atoms. The monoisotopic (exact) mass is 278 g/mol. The standard InChI is InChI=1S/C14H15ClN2O2/c1-3-11(14(18)19-2)6-7-17-13-5-4-10(9-16)8-12(13)15/h4-6,8,17H,3,7H2,1-2H3/b11-6-. The maximum absolute atomic E-state index is 11.4. The number of benzene rings is 1. The minimum Gasteiger partial charge on any atom is -0.466 e. The Labute approximate surface area is 117 Å². The zero-order valence-electron chi connectivity index (χ0n) is 10.9. The summed E-state index contributed by atoms with van der Waals surface area (Å²) in [6, 6.07) is 7.02. The fraction of sp³-hybridized carbons (Fsp3) is 0.286. The first-order valence-corrected chi connectivity index (χ1v) is 6.21. The largest absolute Gasteiger partial charge is 0.466 e. The Balaban J connectivity index is 2.70. The van der Waals surface area contributed by atoms with E-state index in [2.05, 4.69) is 10.1 Å². The van der Waals surface area contributed by atoms with E-state index in [1.165, 1.54) is 7.11 Å². The van der Waals surface area contributed by atoms with Gasteiger partial charge in [-0.3, -0.25) is 0 Å². The molecule has 0 fully saturated rings. The number of esters is 1. The van der Waals surface area contributed by atoms with Gasteiger partial charge in [-0.25, -0.2) is 4.79 Å². The Bertz CT molecular complexity index is 533. The summed E-state index contributed by atoms with van der Waals surface area (Å²) in [4.78, 5) is 11.4. The lowest BCUT2D eigenvalue weighted by molar-refractivity contribution is -0.136. The van der Waals surface area contributed by atoms with E-state index in [4.69, 9.17) is 16.9 Å². The van der Waals surface area contributed by atoms with Gasteiger partial charge in [-0.05, 0) is 24.6 Å². The normalized spacial score (nSPS) is 10.7. The highest BCUT2D eigenvalue weighted by Crippen LogP contribution is 2.22. The van der Waals surface area contributed by atoms with Crippen LogP contribution in [0, 0.1) is 11.3 Å². The molecular weight excluding hydrogens is 264 g/mol. The van der Waals surface area contributed by atoms with Crippen LogP contribution >= 0.6 is 11.6 Å². The highest BCUT2D eigenvalue weighted by molar-refractivity contribution is 6.33. The highest BCUT2D eigenvalue weighted by Gasteiger charge is 2.06. The molecule has 1 rings (SSSR count). The number of nitriles is 1. The van der Waals surface area contributed by atoms with Crippen LogP contribution in [0.2, 0.25) is 5.02 Å². The molecule has 0 aliphatic heterocycles. The third-order valence-corrected chi connectivity index (χ3v) is 2.88. The van der Waals surface area contributed by atoms with Crippen LogP contribution in [0.25, 0.3) is 0 Å². The van der Waals surface area contributed by atoms with Crippen molar-refractivity contribution in [2.24, 2.45) is 0 Å². The molecule has 0 aromatic heterocycles. The predicted octanol–water partition coefficient (Wildman–Crippen LogP) is 3.13. The Morgan fingerprint density at radius 2 is 2.32 bits per heavy atom. The van der Waals surface area contributed by atoms with Crippen LogP contribution in [-0.2, 0) is 9.53 Å². The predicted molar refractivity (Wildman–Crippen MR) is 75.0 cm³/mol. The summed E-state index contributed by atoms with van der Waals surface area (Å²) in [6.07, 6.45) is 2.37. The molecule has 0 saturated carbocycles. The van der Waals surface area contributed by atoms with Gasteiger partial charge in [0.05, 0.1) is 29.5 Å². The molecule has 0 unspecified atom stereocenters. The lowest BCUT2D eigenvalue weighted by Gasteiger charge is -2.07. The molecule has 0 heterocycles. The molecule has 0 aliphatic rings. The van der Waals surface area contributed by atoms with Gasteiger partial charge in [-0.15, -0.1) is 0 Å². The molecular formula is C14H15ClN2O2. The maximum Gasteiger partial charge on any atom is 0.333 e. The van der Waals surface area contributed by atoms with Crippen LogP contribution < -0.4 is 5.32 Å².